The van der Waals surface area contributed by atoms with Crippen LogP contribution in [-0.2, 0) is 4.74 Å². The minimum atomic E-state index is -0.127. The van der Waals surface area contributed by atoms with Gasteiger partial charge in [0.15, 0.2) is 0 Å². The lowest BCUT2D eigenvalue weighted by Crippen LogP contribution is -2.57. The molecule has 0 aromatic carbocycles. The number of furan rings is 1. The number of aromatic nitrogens is 1. The first kappa shape index (κ1) is 19.6. The van der Waals surface area contributed by atoms with Gasteiger partial charge in [0.2, 0.25) is 0 Å². The Morgan fingerprint density at radius 1 is 1.20 bits per heavy atom. The van der Waals surface area contributed by atoms with E-state index in [-0.39, 0.29) is 11.5 Å². The van der Waals surface area contributed by atoms with Gasteiger partial charge in [0, 0.05) is 45.0 Å². The smallest absolute Gasteiger partial charge is 0.270 e. The van der Waals surface area contributed by atoms with E-state index >= 15 is 0 Å². The molecule has 1 amide bonds. The predicted octanol–water partition coefficient (Wildman–Crippen LogP) is 3.83. The van der Waals surface area contributed by atoms with E-state index in [4.69, 9.17) is 9.15 Å². The first-order valence-electron chi connectivity index (χ1n) is 11.2. The van der Waals surface area contributed by atoms with Gasteiger partial charge in [-0.1, -0.05) is 5.57 Å². The zero-order valence-corrected chi connectivity index (χ0v) is 17.8. The number of likely N-dealkylation sites (tertiary alicyclic amines) is 1. The maximum absolute atomic E-state index is 13.1. The monoisotopic (exact) mass is 409 g/mol. The van der Waals surface area contributed by atoms with Crippen LogP contribution in [0.1, 0.15) is 54.9 Å². The van der Waals surface area contributed by atoms with Crippen LogP contribution in [0.2, 0.25) is 0 Å². The molecule has 0 radical (unpaired) electrons. The molecule has 160 valence electrons. The molecule has 6 nitrogen and oxygen atoms in total. The van der Waals surface area contributed by atoms with Gasteiger partial charge in [-0.2, -0.15) is 0 Å². The Morgan fingerprint density at radius 3 is 2.77 bits per heavy atom. The Hall–Kier alpha value is -2.31. The van der Waals surface area contributed by atoms with Crippen LogP contribution >= 0.6 is 0 Å². The van der Waals surface area contributed by atoms with E-state index in [1.54, 1.807) is 6.26 Å². The number of carbonyl (C=O) groups is 1. The zero-order valence-electron chi connectivity index (χ0n) is 17.8. The zero-order chi connectivity index (χ0) is 20.6. The highest BCUT2D eigenvalue weighted by Gasteiger charge is 2.41. The quantitative estimate of drug-likeness (QED) is 0.753. The molecular weight excluding hydrogens is 378 g/mol. The molecule has 0 unspecified atom stereocenters. The largest absolute Gasteiger partial charge is 0.465 e. The summed E-state index contributed by atoms with van der Waals surface area (Å²) < 4.78 is 13.9. The Morgan fingerprint density at radius 2 is 2.03 bits per heavy atom. The van der Waals surface area contributed by atoms with Gasteiger partial charge in [-0.15, -0.1) is 0 Å². The Balaban J connectivity index is 1.18. The van der Waals surface area contributed by atoms with Crippen molar-refractivity contribution in [2.45, 2.75) is 44.2 Å². The number of piperidine rings is 1. The second-order valence-corrected chi connectivity index (χ2v) is 9.07. The summed E-state index contributed by atoms with van der Waals surface area (Å²) in [6.45, 7) is 7.24. The third kappa shape index (κ3) is 4.12. The SMILES string of the molecule is C/C(=C\c1ccco1)CN1CCOC2(CCN(C(=O)c3cccn3C3CC3)CC2)C1. The summed E-state index contributed by atoms with van der Waals surface area (Å²) in [4.78, 5) is 17.6. The van der Waals surface area contributed by atoms with Crippen LogP contribution in [0.25, 0.3) is 6.08 Å². The fraction of sp³-hybridized carbons (Fsp3) is 0.542. The highest BCUT2D eigenvalue weighted by molar-refractivity contribution is 5.93. The molecule has 2 saturated heterocycles. The summed E-state index contributed by atoms with van der Waals surface area (Å²) in [5.41, 5.74) is 2.01. The second-order valence-electron chi connectivity index (χ2n) is 9.07. The lowest BCUT2D eigenvalue weighted by Gasteiger charge is -2.47. The molecule has 0 atom stereocenters. The topological polar surface area (TPSA) is 50.9 Å². The van der Waals surface area contributed by atoms with Crippen molar-refractivity contribution in [3.05, 3.63) is 53.8 Å². The van der Waals surface area contributed by atoms with Crippen molar-refractivity contribution >= 4 is 12.0 Å². The van der Waals surface area contributed by atoms with Crippen molar-refractivity contribution in [3.63, 3.8) is 0 Å². The number of ether oxygens (including phenoxy) is 1. The maximum atomic E-state index is 13.1. The molecule has 1 saturated carbocycles. The van der Waals surface area contributed by atoms with Crippen molar-refractivity contribution in [2.24, 2.45) is 0 Å². The molecule has 1 aliphatic carbocycles. The molecule has 4 heterocycles. The fourth-order valence-corrected chi connectivity index (χ4v) is 4.90. The standard InChI is InChI=1S/C24H31N3O3/c1-19(16-21-4-3-14-29-21)17-25-13-15-30-24(18-25)8-11-26(12-9-24)23(28)22-5-2-10-27(22)20-6-7-20/h2-5,10,14,16,20H,6-9,11-13,15,17-18H2,1H3/b19-16+. The van der Waals surface area contributed by atoms with Crippen LogP contribution in [0.3, 0.4) is 0 Å². The minimum Gasteiger partial charge on any atom is -0.465 e. The van der Waals surface area contributed by atoms with Gasteiger partial charge in [-0.05, 0) is 62.9 Å². The average molecular weight is 410 g/mol. The summed E-state index contributed by atoms with van der Waals surface area (Å²) in [5, 5.41) is 0. The number of amides is 1. The van der Waals surface area contributed by atoms with Crippen molar-refractivity contribution < 1.29 is 13.9 Å². The van der Waals surface area contributed by atoms with E-state index < -0.39 is 0 Å². The Kier molecular flexibility index (Phi) is 5.29. The van der Waals surface area contributed by atoms with E-state index in [9.17, 15) is 4.79 Å². The Bertz CT molecular complexity index is 902. The normalized spacial score (nSPS) is 22.6. The van der Waals surface area contributed by atoms with Crippen LogP contribution in [0.4, 0.5) is 0 Å². The van der Waals surface area contributed by atoms with Gasteiger partial charge >= 0.3 is 0 Å². The van der Waals surface area contributed by atoms with Crippen molar-refractivity contribution in [3.8, 4) is 0 Å². The van der Waals surface area contributed by atoms with E-state index in [0.717, 1.165) is 63.6 Å². The van der Waals surface area contributed by atoms with E-state index in [2.05, 4.69) is 28.7 Å². The Labute approximate surface area is 178 Å². The molecule has 1 spiro atoms. The highest BCUT2D eigenvalue weighted by Crippen LogP contribution is 2.37. The second kappa shape index (κ2) is 8.08. The molecule has 6 heteroatoms. The summed E-state index contributed by atoms with van der Waals surface area (Å²) in [6, 6.07) is 8.40. The van der Waals surface area contributed by atoms with E-state index in [1.165, 1.54) is 18.4 Å². The minimum absolute atomic E-state index is 0.127. The molecule has 3 fully saturated rings. The van der Waals surface area contributed by atoms with E-state index in [0.29, 0.717) is 6.04 Å². The predicted molar refractivity (Wildman–Crippen MR) is 115 cm³/mol. The molecule has 0 N–H and O–H groups in total. The lowest BCUT2D eigenvalue weighted by atomic mass is 9.89. The molecule has 5 rings (SSSR count). The number of rotatable bonds is 5. The molecule has 3 aliphatic rings. The third-order valence-electron chi connectivity index (χ3n) is 6.63. The molecule has 2 aromatic rings. The van der Waals surface area contributed by atoms with Crippen LogP contribution in [0.5, 0.6) is 0 Å². The number of hydrogen-bond acceptors (Lipinski definition) is 4. The van der Waals surface area contributed by atoms with Gasteiger partial charge in [-0.25, -0.2) is 0 Å². The molecular formula is C24H31N3O3. The highest BCUT2D eigenvalue weighted by atomic mass is 16.5. The molecule has 2 aromatic heterocycles. The summed E-state index contributed by atoms with van der Waals surface area (Å²) in [5.74, 6) is 1.07. The average Bonchev–Trinajstić information content (AvgIpc) is 3.23. The first-order chi connectivity index (χ1) is 14.6. The van der Waals surface area contributed by atoms with Gasteiger partial charge in [-0.3, -0.25) is 9.69 Å². The number of nitrogens with zero attached hydrogens (tertiary/aromatic N) is 3. The first-order valence-corrected chi connectivity index (χ1v) is 11.2. The summed E-state index contributed by atoms with van der Waals surface area (Å²) >= 11 is 0. The molecule has 2 aliphatic heterocycles. The maximum Gasteiger partial charge on any atom is 0.270 e. The lowest BCUT2D eigenvalue weighted by molar-refractivity contribution is -0.130. The summed E-state index contributed by atoms with van der Waals surface area (Å²) in [7, 11) is 0. The van der Waals surface area contributed by atoms with Crippen LogP contribution in [0, 0.1) is 0 Å². The van der Waals surface area contributed by atoms with E-state index in [1.807, 2.05) is 29.2 Å². The van der Waals surface area contributed by atoms with Gasteiger partial charge in [0.1, 0.15) is 11.5 Å². The molecule has 30 heavy (non-hydrogen) atoms. The number of morpholine rings is 1. The number of carbonyl (C=O) groups excluding carboxylic acids is 1. The fourth-order valence-electron chi connectivity index (χ4n) is 4.90. The van der Waals surface area contributed by atoms with Crippen molar-refractivity contribution in [1.29, 1.82) is 0 Å². The van der Waals surface area contributed by atoms with Crippen molar-refractivity contribution in [2.75, 3.05) is 39.3 Å². The molecule has 0 bridgehead atoms. The van der Waals surface area contributed by atoms with Gasteiger partial charge < -0.3 is 18.6 Å². The number of hydrogen-bond donors (Lipinski definition) is 0. The van der Waals surface area contributed by atoms with Crippen molar-refractivity contribution in [1.82, 2.24) is 14.4 Å². The van der Waals surface area contributed by atoms with Crippen LogP contribution < -0.4 is 0 Å². The summed E-state index contributed by atoms with van der Waals surface area (Å²) in [6.07, 6.45) is 10.1. The van der Waals surface area contributed by atoms with Crippen LogP contribution in [0.15, 0.2) is 46.7 Å². The van der Waals surface area contributed by atoms with Gasteiger partial charge in [0.05, 0.1) is 18.5 Å². The van der Waals surface area contributed by atoms with Crippen LogP contribution in [-0.4, -0.2) is 65.2 Å². The van der Waals surface area contributed by atoms with Gasteiger partial charge in [0.25, 0.3) is 5.91 Å². The third-order valence-corrected chi connectivity index (χ3v) is 6.63.